The van der Waals surface area contributed by atoms with Crippen LogP contribution in [-0.2, 0) is 17.7 Å². The van der Waals surface area contributed by atoms with Crippen molar-refractivity contribution in [2.45, 2.75) is 32.7 Å². The molecule has 0 bridgehead atoms. The number of hydrogen-bond acceptors (Lipinski definition) is 3. The minimum atomic E-state index is 0.724. The van der Waals surface area contributed by atoms with Gasteiger partial charge < -0.3 is 15.4 Å². The summed E-state index contributed by atoms with van der Waals surface area (Å²) in [5, 5.41) is 10.9. The number of nitrogens with zero attached hydrogens (tertiary/aromatic N) is 1. The van der Waals surface area contributed by atoms with Crippen LogP contribution in [0.1, 0.15) is 30.9 Å². The summed E-state index contributed by atoms with van der Waals surface area (Å²) in [7, 11) is 0. The zero-order valence-electron chi connectivity index (χ0n) is 15.0. The molecule has 0 spiro atoms. The molecule has 0 radical (unpaired) electrons. The van der Waals surface area contributed by atoms with Gasteiger partial charge in [0.15, 0.2) is 5.96 Å². The topological polar surface area (TPSA) is 45.7 Å². The van der Waals surface area contributed by atoms with Crippen LogP contribution in [0.25, 0.3) is 0 Å². The minimum Gasteiger partial charge on any atom is -0.381 e. The molecule has 1 aromatic carbocycles. The maximum atomic E-state index is 5.72. The zero-order chi connectivity index (χ0) is 17.6. The molecule has 4 nitrogen and oxygen atoms in total. The third-order valence-electron chi connectivity index (χ3n) is 3.73. The van der Waals surface area contributed by atoms with E-state index < -0.39 is 0 Å². The van der Waals surface area contributed by atoms with Gasteiger partial charge in [-0.3, -0.25) is 0 Å². The second kappa shape index (κ2) is 12.5. The number of benzene rings is 1. The largest absolute Gasteiger partial charge is 0.381 e. The van der Waals surface area contributed by atoms with Crippen molar-refractivity contribution in [3.05, 3.63) is 58.3 Å². The molecular formula is C20H29N3OS. The summed E-state index contributed by atoms with van der Waals surface area (Å²) in [6, 6.07) is 12.6. The monoisotopic (exact) mass is 359 g/mol. The summed E-state index contributed by atoms with van der Waals surface area (Å²) in [6.07, 6.45) is 3.12. The van der Waals surface area contributed by atoms with Crippen LogP contribution in [-0.4, -0.2) is 32.3 Å². The molecule has 0 atom stereocenters. The molecule has 0 unspecified atom stereocenters. The Hall–Kier alpha value is -1.85. The molecule has 0 amide bonds. The van der Waals surface area contributed by atoms with Crippen LogP contribution in [0.15, 0.2) is 52.2 Å². The quantitative estimate of drug-likeness (QED) is 0.364. The van der Waals surface area contributed by atoms with E-state index in [1.54, 1.807) is 11.3 Å². The van der Waals surface area contributed by atoms with Crippen molar-refractivity contribution < 1.29 is 4.74 Å². The number of unbranched alkanes of at least 4 members (excludes halogenated alkanes) is 1. The molecule has 0 saturated carbocycles. The molecule has 2 N–H and O–H groups in total. The summed E-state index contributed by atoms with van der Waals surface area (Å²) in [5.74, 6) is 0.888. The molecule has 2 rings (SSSR count). The predicted octanol–water partition coefficient (Wildman–Crippen LogP) is 3.84. The predicted molar refractivity (Wildman–Crippen MR) is 107 cm³/mol. The van der Waals surface area contributed by atoms with E-state index in [0.29, 0.717) is 0 Å². The smallest absolute Gasteiger partial charge is 0.191 e. The standard InChI is InChI=1S/C20H29N3OS/c1-2-21-20(23-16-19-11-15-25-17-19)22-12-6-7-13-24-14-10-18-8-4-3-5-9-18/h3-5,8-9,11,15,17H,2,6-7,10,12-14,16H2,1H3,(H2,21,22,23). The lowest BCUT2D eigenvalue weighted by atomic mass is 10.2. The van der Waals surface area contributed by atoms with Crippen molar-refractivity contribution in [3.8, 4) is 0 Å². The van der Waals surface area contributed by atoms with Crippen molar-refractivity contribution >= 4 is 17.3 Å². The van der Waals surface area contributed by atoms with Gasteiger partial charge in [0.05, 0.1) is 13.2 Å². The van der Waals surface area contributed by atoms with Crippen molar-refractivity contribution in [1.82, 2.24) is 10.6 Å². The van der Waals surface area contributed by atoms with Gasteiger partial charge in [0.2, 0.25) is 0 Å². The highest BCUT2D eigenvalue weighted by Crippen LogP contribution is 2.06. The summed E-state index contributed by atoms with van der Waals surface area (Å²) < 4.78 is 5.72. The average Bonchev–Trinajstić information content (AvgIpc) is 3.16. The van der Waals surface area contributed by atoms with Crippen LogP contribution >= 0.6 is 11.3 Å². The average molecular weight is 360 g/mol. The number of rotatable bonds is 11. The molecule has 136 valence electrons. The number of aliphatic imine (C=N–C) groups is 1. The summed E-state index contributed by atoms with van der Waals surface area (Å²) in [5.41, 5.74) is 2.59. The van der Waals surface area contributed by atoms with Crippen LogP contribution in [0.3, 0.4) is 0 Å². The van der Waals surface area contributed by atoms with Gasteiger partial charge in [0.25, 0.3) is 0 Å². The van der Waals surface area contributed by atoms with E-state index in [1.165, 1.54) is 11.1 Å². The molecule has 0 saturated heterocycles. The van der Waals surface area contributed by atoms with Gasteiger partial charge in [-0.15, -0.1) is 0 Å². The second-order valence-electron chi connectivity index (χ2n) is 5.81. The Morgan fingerprint density at radius 2 is 1.92 bits per heavy atom. The Morgan fingerprint density at radius 1 is 1.04 bits per heavy atom. The molecule has 1 heterocycles. The lowest BCUT2D eigenvalue weighted by Gasteiger charge is -2.11. The van der Waals surface area contributed by atoms with Gasteiger partial charge in [-0.2, -0.15) is 11.3 Å². The van der Waals surface area contributed by atoms with Crippen LogP contribution in [0.4, 0.5) is 0 Å². The Kier molecular flexibility index (Phi) is 9.74. The van der Waals surface area contributed by atoms with E-state index in [4.69, 9.17) is 4.74 Å². The molecule has 0 aliphatic rings. The van der Waals surface area contributed by atoms with Gasteiger partial charge in [-0.1, -0.05) is 30.3 Å². The summed E-state index contributed by atoms with van der Waals surface area (Å²) >= 11 is 1.71. The van der Waals surface area contributed by atoms with Crippen LogP contribution in [0, 0.1) is 0 Å². The summed E-state index contributed by atoms with van der Waals surface area (Å²) in [6.45, 7) is 6.21. The van der Waals surface area contributed by atoms with Crippen LogP contribution in [0.2, 0.25) is 0 Å². The molecule has 2 aromatic rings. The first-order valence-electron chi connectivity index (χ1n) is 9.03. The van der Waals surface area contributed by atoms with Gasteiger partial charge in [-0.25, -0.2) is 4.99 Å². The van der Waals surface area contributed by atoms with Crippen LogP contribution < -0.4 is 10.6 Å². The van der Waals surface area contributed by atoms with E-state index in [0.717, 1.165) is 58.1 Å². The first kappa shape index (κ1) is 19.5. The molecule has 0 aliphatic heterocycles. The molecule has 5 heteroatoms. The van der Waals surface area contributed by atoms with E-state index in [-0.39, 0.29) is 0 Å². The van der Waals surface area contributed by atoms with Crippen molar-refractivity contribution in [1.29, 1.82) is 0 Å². The molecule has 25 heavy (non-hydrogen) atoms. The Morgan fingerprint density at radius 3 is 2.68 bits per heavy atom. The first-order chi connectivity index (χ1) is 12.4. The normalized spacial score (nSPS) is 11.5. The Labute approximate surface area is 155 Å². The molecular weight excluding hydrogens is 330 g/mol. The first-order valence-corrected chi connectivity index (χ1v) is 9.97. The van der Waals surface area contributed by atoms with Gasteiger partial charge in [0.1, 0.15) is 0 Å². The number of ether oxygens (including phenoxy) is 1. The lowest BCUT2D eigenvalue weighted by Crippen LogP contribution is -2.37. The SMILES string of the molecule is CCNC(=NCc1ccsc1)NCCCCOCCc1ccccc1. The van der Waals surface area contributed by atoms with Crippen molar-refractivity contribution in [2.24, 2.45) is 4.99 Å². The maximum Gasteiger partial charge on any atom is 0.191 e. The fourth-order valence-electron chi connectivity index (χ4n) is 2.37. The van der Waals surface area contributed by atoms with E-state index >= 15 is 0 Å². The molecule has 0 aliphatic carbocycles. The van der Waals surface area contributed by atoms with Crippen molar-refractivity contribution in [3.63, 3.8) is 0 Å². The Balaban J connectivity index is 1.52. The minimum absolute atomic E-state index is 0.724. The second-order valence-corrected chi connectivity index (χ2v) is 6.59. The lowest BCUT2D eigenvalue weighted by molar-refractivity contribution is 0.133. The number of hydrogen-bond donors (Lipinski definition) is 2. The van der Waals surface area contributed by atoms with Crippen LogP contribution in [0.5, 0.6) is 0 Å². The molecule has 0 fully saturated rings. The highest BCUT2D eigenvalue weighted by molar-refractivity contribution is 7.07. The van der Waals surface area contributed by atoms with E-state index in [2.05, 4.69) is 63.6 Å². The van der Waals surface area contributed by atoms with Gasteiger partial charge >= 0.3 is 0 Å². The summed E-state index contributed by atoms with van der Waals surface area (Å²) in [4.78, 5) is 4.61. The fraction of sp³-hybridized carbons (Fsp3) is 0.450. The highest BCUT2D eigenvalue weighted by Gasteiger charge is 1.98. The number of guanidine groups is 1. The maximum absolute atomic E-state index is 5.72. The number of nitrogens with one attached hydrogen (secondary N) is 2. The highest BCUT2D eigenvalue weighted by atomic mass is 32.1. The third-order valence-corrected chi connectivity index (χ3v) is 4.46. The van der Waals surface area contributed by atoms with Crippen molar-refractivity contribution in [2.75, 3.05) is 26.3 Å². The Bertz CT molecular complexity index is 584. The van der Waals surface area contributed by atoms with E-state index in [1.807, 2.05) is 6.07 Å². The number of thiophene rings is 1. The third kappa shape index (κ3) is 8.70. The molecule has 1 aromatic heterocycles. The van der Waals surface area contributed by atoms with Gasteiger partial charge in [-0.05, 0) is 54.1 Å². The van der Waals surface area contributed by atoms with E-state index in [9.17, 15) is 0 Å². The van der Waals surface area contributed by atoms with Gasteiger partial charge in [0, 0.05) is 19.7 Å². The fourth-order valence-corrected chi connectivity index (χ4v) is 3.03. The zero-order valence-corrected chi connectivity index (χ0v) is 15.9.